The maximum atomic E-state index is 6.13. The molecule has 0 unspecified atom stereocenters. The second kappa shape index (κ2) is 7.63. The second-order valence-electron chi connectivity index (χ2n) is 6.35. The molecule has 1 aliphatic carbocycles. The number of guanidine groups is 1. The first-order chi connectivity index (χ1) is 10.5. The van der Waals surface area contributed by atoms with Gasteiger partial charge in [-0.3, -0.25) is 9.67 Å². The molecule has 6 heteroatoms. The average molecular weight is 307 g/mol. The lowest BCUT2D eigenvalue weighted by Gasteiger charge is -2.41. The zero-order valence-electron chi connectivity index (χ0n) is 14.1. The molecule has 1 fully saturated rings. The van der Waals surface area contributed by atoms with E-state index in [-0.39, 0.29) is 0 Å². The van der Waals surface area contributed by atoms with Crippen molar-refractivity contribution in [1.29, 1.82) is 0 Å². The molecule has 6 nitrogen and oxygen atoms in total. The van der Waals surface area contributed by atoms with Gasteiger partial charge >= 0.3 is 0 Å². The van der Waals surface area contributed by atoms with Gasteiger partial charge in [0.2, 0.25) is 0 Å². The molecule has 0 aliphatic heterocycles. The van der Waals surface area contributed by atoms with E-state index in [4.69, 9.17) is 10.5 Å². The van der Waals surface area contributed by atoms with Crippen LogP contribution in [0.25, 0.3) is 0 Å². The van der Waals surface area contributed by atoms with E-state index in [1.54, 1.807) is 4.68 Å². The van der Waals surface area contributed by atoms with Crippen molar-refractivity contribution in [3.63, 3.8) is 0 Å². The van der Waals surface area contributed by atoms with Crippen molar-refractivity contribution < 1.29 is 4.74 Å². The van der Waals surface area contributed by atoms with Gasteiger partial charge in [-0.2, -0.15) is 5.10 Å². The predicted molar refractivity (Wildman–Crippen MR) is 88.6 cm³/mol. The van der Waals surface area contributed by atoms with Crippen LogP contribution in [-0.2, 0) is 18.3 Å². The average Bonchev–Trinajstić information content (AvgIpc) is 2.85. The van der Waals surface area contributed by atoms with Crippen molar-refractivity contribution >= 4 is 5.96 Å². The lowest BCUT2D eigenvalue weighted by atomic mass is 9.67. The molecular weight excluding hydrogens is 278 g/mol. The number of hydrogen-bond donors (Lipinski definition) is 1. The highest BCUT2D eigenvalue weighted by molar-refractivity contribution is 5.77. The summed E-state index contributed by atoms with van der Waals surface area (Å²) >= 11 is 0. The van der Waals surface area contributed by atoms with Crippen molar-refractivity contribution in [3.8, 4) is 0 Å². The fourth-order valence-corrected chi connectivity index (χ4v) is 2.87. The van der Waals surface area contributed by atoms with Gasteiger partial charge in [0, 0.05) is 52.2 Å². The normalized spacial score (nSPS) is 17.3. The van der Waals surface area contributed by atoms with Crippen LogP contribution in [0.5, 0.6) is 0 Å². The van der Waals surface area contributed by atoms with E-state index < -0.39 is 0 Å². The quantitative estimate of drug-likeness (QED) is 0.451. The van der Waals surface area contributed by atoms with Crippen molar-refractivity contribution in [2.75, 3.05) is 26.8 Å². The lowest BCUT2D eigenvalue weighted by molar-refractivity contribution is 0.0608. The first-order valence-electron chi connectivity index (χ1n) is 8.11. The third-order valence-corrected chi connectivity index (χ3v) is 4.54. The van der Waals surface area contributed by atoms with Crippen LogP contribution in [-0.4, -0.2) is 47.4 Å². The first-order valence-corrected chi connectivity index (χ1v) is 8.11. The molecule has 2 rings (SSSR count). The Kier molecular flexibility index (Phi) is 5.83. The van der Waals surface area contributed by atoms with Gasteiger partial charge in [0.25, 0.3) is 0 Å². The Hall–Kier alpha value is -1.56. The van der Waals surface area contributed by atoms with Gasteiger partial charge < -0.3 is 15.4 Å². The van der Waals surface area contributed by atoms with Gasteiger partial charge in [0.05, 0.1) is 6.20 Å². The van der Waals surface area contributed by atoms with Crippen molar-refractivity contribution in [1.82, 2.24) is 14.7 Å². The standard InChI is InChI=1S/C16H29N5O/c1-4-22-9-8-16(6-5-7-16)13-18-15(17)20(2)11-14-10-19-21(3)12-14/h10,12H,4-9,11,13H2,1-3H3,(H2,17,18). The molecule has 0 amide bonds. The van der Waals surface area contributed by atoms with E-state index in [9.17, 15) is 0 Å². The summed E-state index contributed by atoms with van der Waals surface area (Å²) in [6.45, 7) is 5.20. The maximum absolute atomic E-state index is 6.13. The van der Waals surface area contributed by atoms with Crippen LogP contribution >= 0.6 is 0 Å². The van der Waals surface area contributed by atoms with Gasteiger partial charge in [-0.25, -0.2) is 0 Å². The Labute approximate surface area is 133 Å². The summed E-state index contributed by atoms with van der Waals surface area (Å²) in [6, 6.07) is 0. The van der Waals surface area contributed by atoms with E-state index in [2.05, 4.69) is 10.1 Å². The molecule has 0 radical (unpaired) electrons. The molecule has 1 saturated carbocycles. The van der Waals surface area contributed by atoms with E-state index >= 15 is 0 Å². The van der Waals surface area contributed by atoms with E-state index in [1.165, 1.54) is 19.3 Å². The predicted octanol–water partition coefficient (Wildman–Crippen LogP) is 1.76. The topological polar surface area (TPSA) is 68.7 Å². The van der Waals surface area contributed by atoms with Crippen LogP contribution in [0.3, 0.4) is 0 Å². The smallest absolute Gasteiger partial charge is 0.191 e. The number of aromatic nitrogens is 2. The zero-order valence-corrected chi connectivity index (χ0v) is 14.1. The second-order valence-corrected chi connectivity index (χ2v) is 6.35. The summed E-state index contributed by atoms with van der Waals surface area (Å²) in [7, 11) is 3.89. The number of hydrogen-bond acceptors (Lipinski definition) is 3. The maximum Gasteiger partial charge on any atom is 0.191 e. The highest BCUT2D eigenvalue weighted by Crippen LogP contribution is 2.44. The third kappa shape index (κ3) is 4.47. The first kappa shape index (κ1) is 16.8. The molecule has 1 aromatic rings. The van der Waals surface area contributed by atoms with Crippen LogP contribution in [0, 0.1) is 5.41 Å². The molecular formula is C16H29N5O. The Morgan fingerprint density at radius 2 is 2.32 bits per heavy atom. The van der Waals surface area contributed by atoms with Crippen molar-refractivity contribution in [2.24, 2.45) is 23.2 Å². The Morgan fingerprint density at radius 1 is 1.55 bits per heavy atom. The highest BCUT2D eigenvalue weighted by atomic mass is 16.5. The summed E-state index contributed by atoms with van der Waals surface area (Å²) < 4.78 is 7.30. The molecule has 0 bridgehead atoms. The Bertz CT molecular complexity index is 492. The third-order valence-electron chi connectivity index (χ3n) is 4.54. The minimum atomic E-state index is 0.314. The fraction of sp³-hybridized carbons (Fsp3) is 0.750. The minimum Gasteiger partial charge on any atom is -0.382 e. The molecule has 0 spiro atoms. The van der Waals surface area contributed by atoms with E-state index in [1.807, 2.05) is 38.3 Å². The van der Waals surface area contributed by atoms with Gasteiger partial charge in [-0.15, -0.1) is 0 Å². The molecule has 1 aromatic heterocycles. The van der Waals surface area contributed by atoms with E-state index in [0.717, 1.165) is 38.3 Å². The fourth-order valence-electron chi connectivity index (χ4n) is 2.87. The Morgan fingerprint density at radius 3 is 2.86 bits per heavy atom. The van der Waals surface area contributed by atoms with Crippen molar-refractivity contribution in [2.45, 2.75) is 39.2 Å². The molecule has 2 N–H and O–H groups in total. The summed E-state index contributed by atoms with van der Waals surface area (Å²) in [4.78, 5) is 6.62. The minimum absolute atomic E-state index is 0.314. The van der Waals surface area contributed by atoms with E-state index in [0.29, 0.717) is 11.4 Å². The number of nitrogens with zero attached hydrogens (tertiary/aromatic N) is 4. The van der Waals surface area contributed by atoms with Gasteiger partial charge in [0.15, 0.2) is 5.96 Å². The molecule has 22 heavy (non-hydrogen) atoms. The summed E-state index contributed by atoms with van der Waals surface area (Å²) in [6.07, 6.45) is 8.72. The summed E-state index contributed by atoms with van der Waals surface area (Å²) in [5, 5.41) is 4.17. The largest absolute Gasteiger partial charge is 0.382 e. The number of nitrogens with two attached hydrogens (primary N) is 1. The zero-order chi connectivity index (χ0) is 16.0. The number of aliphatic imine (C=N–C) groups is 1. The highest BCUT2D eigenvalue weighted by Gasteiger charge is 2.36. The number of aryl methyl sites for hydroxylation is 1. The molecule has 1 aliphatic rings. The molecule has 0 atom stereocenters. The van der Waals surface area contributed by atoms with Crippen LogP contribution in [0.4, 0.5) is 0 Å². The molecule has 1 heterocycles. The molecule has 0 saturated heterocycles. The summed E-state index contributed by atoms with van der Waals surface area (Å²) in [5.41, 5.74) is 7.58. The van der Waals surface area contributed by atoms with Gasteiger partial charge in [-0.1, -0.05) is 6.42 Å². The van der Waals surface area contributed by atoms with Crippen LogP contribution in [0.15, 0.2) is 17.4 Å². The Balaban J connectivity index is 1.84. The monoisotopic (exact) mass is 307 g/mol. The van der Waals surface area contributed by atoms with Crippen molar-refractivity contribution in [3.05, 3.63) is 18.0 Å². The van der Waals surface area contributed by atoms with Crippen LogP contribution < -0.4 is 5.73 Å². The number of ether oxygens (including phenoxy) is 1. The molecule has 0 aromatic carbocycles. The van der Waals surface area contributed by atoms with Gasteiger partial charge in [-0.05, 0) is 31.6 Å². The summed E-state index contributed by atoms with van der Waals surface area (Å²) in [5.74, 6) is 0.603. The number of rotatable bonds is 8. The van der Waals surface area contributed by atoms with Gasteiger partial charge in [0.1, 0.15) is 0 Å². The lowest BCUT2D eigenvalue weighted by Crippen LogP contribution is -2.38. The van der Waals surface area contributed by atoms with Crippen LogP contribution in [0.1, 0.15) is 38.2 Å². The SMILES string of the molecule is CCOCCC1(CN=C(N)N(C)Cc2cnn(C)c2)CCC1. The molecule has 124 valence electrons. The van der Waals surface area contributed by atoms with Crippen LogP contribution in [0.2, 0.25) is 0 Å².